The average molecular weight is 524 g/mol. The predicted octanol–water partition coefficient (Wildman–Crippen LogP) is 2.43. The highest BCUT2D eigenvalue weighted by Gasteiger charge is 2.53. The van der Waals surface area contributed by atoms with Crippen LogP contribution in [0.2, 0.25) is 0 Å². The van der Waals surface area contributed by atoms with Gasteiger partial charge in [-0.2, -0.15) is 0 Å². The van der Waals surface area contributed by atoms with Crippen LogP contribution in [-0.2, 0) is 14.2 Å². The van der Waals surface area contributed by atoms with Crippen LogP contribution in [0.15, 0.2) is 36.0 Å². The molecule has 0 spiro atoms. The first-order chi connectivity index (χ1) is 18.1. The minimum Gasteiger partial charge on any atom is -0.507 e. The van der Waals surface area contributed by atoms with Gasteiger partial charge >= 0.3 is 0 Å². The fourth-order valence-corrected chi connectivity index (χ4v) is 5.98. The number of aromatic hydroxyl groups is 1. The fraction of sp³-hybridized carbons (Fsp3) is 0.429. The second kappa shape index (κ2) is 8.89. The van der Waals surface area contributed by atoms with Gasteiger partial charge in [0.2, 0.25) is 12.1 Å². The summed E-state index contributed by atoms with van der Waals surface area (Å²) >= 11 is 0. The molecule has 0 bridgehead atoms. The van der Waals surface area contributed by atoms with E-state index in [1.165, 1.54) is 7.11 Å². The largest absolute Gasteiger partial charge is 0.507 e. The number of benzene rings is 2. The summed E-state index contributed by atoms with van der Waals surface area (Å²) in [5.74, 6) is -0.920. The van der Waals surface area contributed by atoms with Crippen molar-refractivity contribution in [3.05, 3.63) is 63.8 Å². The third-order valence-electron chi connectivity index (χ3n) is 7.69. The number of hydrogen-bond acceptors (Lipinski definition) is 10. The molecule has 3 aliphatic heterocycles. The molecule has 3 N–H and O–H groups in total. The van der Waals surface area contributed by atoms with E-state index in [-0.39, 0.29) is 45.9 Å². The van der Waals surface area contributed by atoms with E-state index in [9.17, 15) is 24.9 Å². The number of aliphatic hydroxyl groups is 2. The molecular weight excluding hydrogens is 494 g/mol. The Morgan fingerprint density at radius 1 is 1.03 bits per heavy atom. The molecule has 10 heteroatoms. The quantitative estimate of drug-likeness (QED) is 0.551. The van der Waals surface area contributed by atoms with Crippen LogP contribution in [0.25, 0.3) is 5.57 Å². The Labute approximate surface area is 219 Å². The number of aliphatic hydroxyl groups excluding tert-OH is 2. The summed E-state index contributed by atoms with van der Waals surface area (Å²) in [7, 11) is 1.51. The minimum absolute atomic E-state index is 0.0167. The van der Waals surface area contributed by atoms with E-state index in [0.29, 0.717) is 5.56 Å². The van der Waals surface area contributed by atoms with Gasteiger partial charge in [0.1, 0.15) is 29.4 Å². The molecule has 38 heavy (non-hydrogen) atoms. The molecule has 3 heterocycles. The second-order valence-corrected chi connectivity index (χ2v) is 10.2. The lowest BCUT2D eigenvalue weighted by molar-refractivity contribution is -0.216. The number of carbonyl (C=O) groups is 2. The van der Waals surface area contributed by atoms with Crippen molar-refractivity contribution in [2.75, 3.05) is 7.11 Å². The molecule has 7 atom stereocenters. The number of ketones is 2. The van der Waals surface area contributed by atoms with E-state index >= 15 is 0 Å². The van der Waals surface area contributed by atoms with Crippen LogP contribution in [0.3, 0.4) is 0 Å². The van der Waals surface area contributed by atoms with Gasteiger partial charge in [-0.05, 0) is 38.5 Å². The zero-order valence-corrected chi connectivity index (χ0v) is 21.4. The molecule has 0 aromatic heterocycles. The molecule has 1 aliphatic carbocycles. The Hall–Kier alpha value is -3.28. The standard InChI is InChI=1S/C28H29NO9/c1-11-8-15-20(16(30)9-11)22-23(29-27(35-4)13(3)37-28(15)29)26(34)21-14(25(22)33)6-5-7-18(21)38-19-10-17(31)24(32)12(2)36-19/h5-9,12-13,17,19,24,27-28,30-32H,10H2,1-4H3. The maximum Gasteiger partial charge on any atom is 0.214 e. The molecule has 10 nitrogen and oxygen atoms in total. The maximum absolute atomic E-state index is 14.3. The number of allylic oxidation sites excluding steroid dienone is 2. The number of Topliss-reactive ketones (excluding diaryl/α,β-unsaturated/α-hetero) is 2. The molecule has 200 valence electrons. The van der Waals surface area contributed by atoms with Gasteiger partial charge in [-0.25, -0.2) is 0 Å². The van der Waals surface area contributed by atoms with Crippen molar-refractivity contribution in [1.82, 2.24) is 4.90 Å². The van der Waals surface area contributed by atoms with Crippen LogP contribution in [0.1, 0.15) is 63.9 Å². The number of rotatable bonds is 3. The van der Waals surface area contributed by atoms with Gasteiger partial charge in [0, 0.05) is 30.2 Å². The number of hydrogen-bond donors (Lipinski definition) is 3. The molecule has 0 amide bonds. The third kappa shape index (κ3) is 3.52. The predicted molar refractivity (Wildman–Crippen MR) is 132 cm³/mol. The molecule has 0 radical (unpaired) electrons. The van der Waals surface area contributed by atoms with E-state index < -0.39 is 54.7 Å². The average Bonchev–Trinajstić information content (AvgIpc) is 3.21. The second-order valence-electron chi connectivity index (χ2n) is 10.2. The molecule has 6 rings (SSSR count). The normalized spacial score (nSPS) is 32.1. The lowest BCUT2D eigenvalue weighted by atomic mass is 9.78. The van der Waals surface area contributed by atoms with Crippen molar-refractivity contribution in [1.29, 1.82) is 0 Å². The van der Waals surface area contributed by atoms with Crippen LogP contribution in [0, 0.1) is 6.92 Å². The number of carbonyl (C=O) groups excluding carboxylic acids is 2. The number of aryl methyl sites for hydroxylation is 1. The van der Waals surface area contributed by atoms with Gasteiger partial charge in [0.05, 0.1) is 23.3 Å². The van der Waals surface area contributed by atoms with Crippen molar-refractivity contribution in [2.24, 2.45) is 0 Å². The summed E-state index contributed by atoms with van der Waals surface area (Å²) in [6.45, 7) is 5.27. The Balaban J connectivity index is 1.50. The van der Waals surface area contributed by atoms with Gasteiger partial charge in [0.15, 0.2) is 18.2 Å². The topological polar surface area (TPSA) is 135 Å². The van der Waals surface area contributed by atoms with Crippen LogP contribution in [-0.4, -0.2) is 75.8 Å². The Bertz CT molecular complexity index is 1370. The monoisotopic (exact) mass is 523 g/mol. The summed E-state index contributed by atoms with van der Waals surface area (Å²) in [6.07, 6.45) is -5.63. The summed E-state index contributed by atoms with van der Waals surface area (Å²) in [6, 6.07) is 8.11. The zero-order chi connectivity index (χ0) is 27.0. The van der Waals surface area contributed by atoms with E-state index in [1.54, 1.807) is 36.1 Å². The van der Waals surface area contributed by atoms with Gasteiger partial charge in [0.25, 0.3) is 0 Å². The Morgan fingerprint density at radius 2 is 1.79 bits per heavy atom. The number of nitrogens with zero attached hydrogens (tertiary/aromatic N) is 1. The number of phenolic OH excluding ortho intramolecular Hbond substituents is 1. The highest BCUT2D eigenvalue weighted by Crippen LogP contribution is 2.53. The van der Waals surface area contributed by atoms with Gasteiger partial charge < -0.3 is 39.2 Å². The maximum atomic E-state index is 14.3. The zero-order valence-electron chi connectivity index (χ0n) is 21.4. The molecule has 2 saturated heterocycles. The SMILES string of the molecule is COC1C(C)OC2c3cc(C)cc(O)c3C3=C(C(=O)c4c(OC5CC(O)C(O)C(C)O5)cccc4C3=O)N21. The van der Waals surface area contributed by atoms with E-state index in [0.717, 1.165) is 5.56 Å². The number of ether oxygens (including phenoxy) is 4. The summed E-state index contributed by atoms with van der Waals surface area (Å²) < 4.78 is 23.6. The minimum atomic E-state index is -1.07. The van der Waals surface area contributed by atoms with E-state index in [2.05, 4.69) is 0 Å². The van der Waals surface area contributed by atoms with E-state index in [1.807, 2.05) is 19.9 Å². The third-order valence-corrected chi connectivity index (χ3v) is 7.69. The highest BCUT2D eigenvalue weighted by atomic mass is 16.7. The first-order valence-electron chi connectivity index (χ1n) is 12.6. The molecular formula is C28H29NO9. The molecule has 2 fully saturated rings. The Kier molecular flexibility index (Phi) is 5.85. The summed E-state index contributed by atoms with van der Waals surface area (Å²) in [5, 5.41) is 31.2. The number of fused-ring (bicyclic) bond motifs is 6. The van der Waals surface area contributed by atoms with Crippen LogP contribution in [0.4, 0.5) is 0 Å². The molecule has 0 saturated carbocycles. The van der Waals surface area contributed by atoms with Crippen molar-refractivity contribution < 1.29 is 43.9 Å². The number of methoxy groups -OCH3 is 1. The van der Waals surface area contributed by atoms with Crippen LogP contribution in [0.5, 0.6) is 11.5 Å². The van der Waals surface area contributed by atoms with Crippen molar-refractivity contribution in [2.45, 2.75) is 70.4 Å². The lowest BCUT2D eigenvalue weighted by Crippen LogP contribution is -2.48. The molecule has 2 aromatic rings. The highest BCUT2D eigenvalue weighted by molar-refractivity contribution is 6.41. The lowest BCUT2D eigenvalue weighted by Gasteiger charge is -2.40. The van der Waals surface area contributed by atoms with Crippen LogP contribution < -0.4 is 4.74 Å². The van der Waals surface area contributed by atoms with Crippen molar-refractivity contribution in [3.8, 4) is 11.5 Å². The fourth-order valence-electron chi connectivity index (χ4n) is 5.98. The smallest absolute Gasteiger partial charge is 0.214 e. The molecule has 4 aliphatic rings. The van der Waals surface area contributed by atoms with Crippen molar-refractivity contribution >= 4 is 17.1 Å². The van der Waals surface area contributed by atoms with Gasteiger partial charge in [-0.1, -0.05) is 18.2 Å². The molecule has 7 unspecified atom stereocenters. The Morgan fingerprint density at radius 3 is 2.50 bits per heavy atom. The number of phenols is 1. The van der Waals surface area contributed by atoms with Crippen LogP contribution >= 0.6 is 0 Å². The van der Waals surface area contributed by atoms with E-state index in [4.69, 9.17) is 18.9 Å². The van der Waals surface area contributed by atoms with Gasteiger partial charge in [-0.3, -0.25) is 9.59 Å². The van der Waals surface area contributed by atoms with Gasteiger partial charge in [-0.15, -0.1) is 0 Å². The van der Waals surface area contributed by atoms with Crippen molar-refractivity contribution in [3.63, 3.8) is 0 Å². The first kappa shape index (κ1) is 25.0. The molecule has 2 aromatic carbocycles. The summed E-state index contributed by atoms with van der Waals surface area (Å²) in [4.78, 5) is 30.0. The first-order valence-corrected chi connectivity index (χ1v) is 12.6. The summed E-state index contributed by atoms with van der Waals surface area (Å²) in [5.41, 5.74) is 1.97.